The highest BCUT2D eigenvalue weighted by atomic mass is 35.5. The molecule has 1 aliphatic heterocycles. The molecule has 0 fully saturated rings. The number of carbonyl (C=O) groups excluding carboxylic acids is 2. The molecule has 0 unspecified atom stereocenters. The van der Waals surface area contributed by atoms with Crippen molar-refractivity contribution in [2.45, 2.75) is 38.7 Å². The van der Waals surface area contributed by atoms with Gasteiger partial charge in [-0.25, -0.2) is 0 Å². The topological polar surface area (TPSA) is 78.2 Å². The van der Waals surface area contributed by atoms with E-state index >= 15 is 0 Å². The Morgan fingerprint density at radius 1 is 0.860 bits per heavy atom. The van der Waals surface area contributed by atoms with Crippen LogP contribution in [0.3, 0.4) is 0 Å². The van der Waals surface area contributed by atoms with E-state index in [1.54, 1.807) is 0 Å². The van der Waals surface area contributed by atoms with Gasteiger partial charge in [0.05, 0.1) is 11.4 Å². The molecule has 43 heavy (non-hydrogen) atoms. The number of benzene rings is 4. The van der Waals surface area contributed by atoms with Crippen LogP contribution in [0.1, 0.15) is 58.8 Å². The standard InChI is InChI=1S/C36H32ClN3O3/c1-36(2,3)43-33-18-31-34(26-10-6-5-9-25(26)33)24(19-37)20-40(31)35(42)30-17-23-14-21(12-13-28(23)39-30)15-32(41)29-16-22-8-4-7-11-27(22)38-29/h4-14,16-18,24,38-39H,15,19-20H2,1-3H3/t24-/m1/s1. The van der Waals surface area contributed by atoms with Crippen molar-refractivity contribution < 1.29 is 14.3 Å². The third-order valence-electron chi connectivity index (χ3n) is 8.09. The van der Waals surface area contributed by atoms with E-state index < -0.39 is 5.60 Å². The Morgan fingerprint density at radius 2 is 1.56 bits per heavy atom. The molecule has 0 radical (unpaired) electrons. The number of hydrogen-bond acceptors (Lipinski definition) is 3. The molecule has 1 aliphatic rings. The first-order chi connectivity index (χ1) is 20.7. The van der Waals surface area contributed by atoms with E-state index in [4.69, 9.17) is 16.3 Å². The first kappa shape index (κ1) is 27.3. The fourth-order valence-electron chi connectivity index (χ4n) is 6.20. The van der Waals surface area contributed by atoms with E-state index in [2.05, 4.69) is 22.1 Å². The molecule has 0 spiro atoms. The number of H-pyrrole nitrogens is 2. The smallest absolute Gasteiger partial charge is 0.274 e. The van der Waals surface area contributed by atoms with Crippen LogP contribution >= 0.6 is 11.6 Å². The van der Waals surface area contributed by atoms with Crippen molar-refractivity contribution >= 4 is 61.6 Å². The molecule has 2 aromatic heterocycles. The summed E-state index contributed by atoms with van der Waals surface area (Å²) < 4.78 is 6.38. The molecule has 0 aliphatic carbocycles. The highest BCUT2D eigenvalue weighted by Gasteiger charge is 2.36. The van der Waals surface area contributed by atoms with Crippen molar-refractivity contribution in [2.24, 2.45) is 0 Å². The minimum Gasteiger partial charge on any atom is -0.487 e. The number of ether oxygens (including phenoxy) is 1. The number of fused-ring (bicyclic) bond motifs is 5. The molecule has 1 amide bonds. The van der Waals surface area contributed by atoms with Gasteiger partial charge in [-0.15, -0.1) is 11.6 Å². The Morgan fingerprint density at radius 3 is 2.33 bits per heavy atom. The molecule has 216 valence electrons. The lowest BCUT2D eigenvalue weighted by molar-refractivity contribution is 0.0978. The lowest BCUT2D eigenvalue weighted by Gasteiger charge is -2.25. The molecular formula is C36H32ClN3O3. The average Bonchev–Trinajstić information content (AvgIpc) is 3.71. The van der Waals surface area contributed by atoms with Crippen LogP contribution in [0, 0.1) is 0 Å². The second-order valence-corrected chi connectivity index (χ2v) is 12.6. The number of hydrogen-bond donors (Lipinski definition) is 2. The van der Waals surface area contributed by atoms with Crippen molar-refractivity contribution in [2.75, 3.05) is 17.3 Å². The summed E-state index contributed by atoms with van der Waals surface area (Å²) in [7, 11) is 0. The highest BCUT2D eigenvalue weighted by Crippen LogP contribution is 2.46. The van der Waals surface area contributed by atoms with Gasteiger partial charge in [0.1, 0.15) is 17.0 Å². The van der Waals surface area contributed by atoms with E-state index in [0.717, 1.165) is 55.1 Å². The number of ketones is 1. The number of aromatic amines is 2. The largest absolute Gasteiger partial charge is 0.487 e. The Hall–Kier alpha value is -4.55. The van der Waals surface area contributed by atoms with E-state index in [1.165, 1.54) is 0 Å². The van der Waals surface area contributed by atoms with Crippen LogP contribution in [0.5, 0.6) is 5.75 Å². The number of carbonyl (C=O) groups is 2. The van der Waals surface area contributed by atoms with E-state index in [0.29, 0.717) is 23.8 Å². The predicted octanol–water partition coefficient (Wildman–Crippen LogP) is 8.39. The van der Waals surface area contributed by atoms with Crippen molar-refractivity contribution in [3.8, 4) is 5.75 Å². The SMILES string of the molecule is CC(C)(C)Oc1cc2c(c3ccccc13)[C@H](CCl)CN2C(=O)c1cc2cc(CC(=O)c3cc4ccccc4[nH]3)ccc2[nH]1. The maximum absolute atomic E-state index is 14.1. The third kappa shape index (κ3) is 4.96. The number of alkyl halides is 1. The Bertz CT molecular complexity index is 2020. The molecule has 3 heterocycles. The van der Waals surface area contributed by atoms with E-state index in [-0.39, 0.29) is 24.0 Å². The van der Waals surface area contributed by atoms with Gasteiger partial charge in [-0.1, -0.05) is 48.5 Å². The zero-order chi connectivity index (χ0) is 29.9. The van der Waals surface area contributed by atoms with Crippen molar-refractivity contribution in [1.29, 1.82) is 0 Å². The second kappa shape index (κ2) is 10.3. The number of Topliss-reactive ketones (excluding diaryl/α,β-unsaturated/α-hetero) is 1. The number of rotatable bonds is 6. The molecule has 4 aromatic carbocycles. The number of nitrogens with one attached hydrogen (secondary N) is 2. The van der Waals surface area contributed by atoms with Crippen molar-refractivity contribution in [3.05, 3.63) is 107 Å². The normalized spacial score (nSPS) is 15.0. The first-order valence-electron chi connectivity index (χ1n) is 14.5. The molecule has 2 N–H and O–H groups in total. The van der Waals surface area contributed by atoms with E-state index in [1.807, 2.05) is 98.5 Å². The van der Waals surface area contributed by atoms with Crippen molar-refractivity contribution in [1.82, 2.24) is 9.97 Å². The Kier molecular flexibility index (Phi) is 6.55. The summed E-state index contributed by atoms with van der Waals surface area (Å²) >= 11 is 6.48. The van der Waals surface area contributed by atoms with Gasteiger partial charge in [-0.3, -0.25) is 9.59 Å². The predicted molar refractivity (Wildman–Crippen MR) is 174 cm³/mol. The van der Waals surface area contributed by atoms with Crippen LogP contribution in [0.15, 0.2) is 84.9 Å². The second-order valence-electron chi connectivity index (χ2n) is 12.3. The summed E-state index contributed by atoms with van der Waals surface area (Å²) in [4.78, 5) is 35.5. The number of anilines is 1. The minimum absolute atomic E-state index is 0.000775. The summed E-state index contributed by atoms with van der Waals surface area (Å²) in [5, 5.41) is 3.97. The summed E-state index contributed by atoms with van der Waals surface area (Å²) in [6.45, 7) is 6.55. The maximum Gasteiger partial charge on any atom is 0.274 e. The van der Waals surface area contributed by atoms with Gasteiger partial charge in [0.25, 0.3) is 5.91 Å². The van der Waals surface area contributed by atoms with Gasteiger partial charge in [0.2, 0.25) is 0 Å². The zero-order valence-corrected chi connectivity index (χ0v) is 25.1. The molecule has 7 rings (SSSR count). The fourth-order valence-corrected chi connectivity index (χ4v) is 6.45. The van der Waals surface area contributed by atoms with Gasteiger partial charge in [-0.2, -0.15) is 0 Å². The summed E-state index contributed by atoms with van der Waals surface area (Å²) in [6.07, 6.45) is 0.262. The van der Waals surface area contributed by atoms with Gasteiger partial charge >= 0.3 is 0 Å². The quantitative estimate of drug-likeness (QED) is 0.151. The maximum atomic E-state index is 14.1. The van der Waals surface area contributed by atoms with Crippen LogP contribution in [0.2, 0.25) is 0 Å². The van der Waals surface area contributed by atoms with Crippen LogP contribution in [0.4, 0.5) is 5.69 Å². The van der Waals surface area contributed by atoms with Crippen molar-refractivity contribution in [3.63, 3.8) is 0 Å². The molecule has 6 aromatic rings. The van der Waals surface area contributed by atoms with Gasteiger partial charge in [0, 0.05) is 58.0 Å². The third-order valence-corrected chi connectivity index (χ3v) is 8.46. The molecule has 6 nitrogen and oxygen atoms in total. The number of aromatic nitrogens is 2. The monoisotopic (exact) mass is 589 g/mol. The molecule has 7 heteroatoms. The molecule has 0 saturated heterocycles. The van der Waals surface area contributed by atoms with E-state index in [9.17, 15) is 9.59 Å². The minimum atomic E-state index is -0.402. The summed E-state index contributed by atoms with van der Waals surface area (Å²) in [5.74, 6) is 1.04. The van der Waals surface area contributed by atoms with Crippen LogP contribution < -0.4 is 9.64 Å². The van der Waals surface area contributed by atoms with Crippen LogP contribution in [-0.2, 0) is 6.42 Å². The lowest BCUT2D eigenvalue weighted by Crippen LogP contribution is -2.30. The lowest BCUT2D eigenvalue weighted by atomic mass is 9.95. The van der Waals surface area contributed by atoms with Gasteiger partial charge < -0.3 is 19.6 Å². The van der Waals surface area contributed by atoms with Crippen LogP contribution in [0.25, 0.3) is 32.6 Å². The zero-order valence-electron chi connectivity index (χ0n) is 24.3. The number of nitrogens with zero attached hydrogens (tertiary/aromatic N) is 1. The van der Waals surface area contributed by atoms with Gasteiger partial charge in [0.15, 0.2) is 5.78 Å². The first-order valence-corrected chi connectivity index (χ1v) is 15.1. The Labute approximate surface area is 254 Å². The fraction of sp³-hybridized carbons (Fsp3) is 0.222. The molecule has 1 atom stereocenters. The average molecular weight is 590 g/mol. The summed E-state index contributed by atoms with van der Waals surface area (Å²) in [5.41, 5.74) is 5.26. The molecular weight excluding hydrogens is 558 g/mol. The molecule has 0 bridgehead atoms. The number of halogens is 1. The highest BCUT2D eigenvalue weighted by molar-refractivity contribution is 6.19. The molecule has 0 saturated carbocycles. The number of para-hydroxylation sites is 1. The van der Waals surface area contributed by atoms with Gasteiger partial charge in [-0.05, 0) is 67.6 Å². The Balaban J connectivity index is 1.20. The summed E-state index contributed by atoms with van der Waals surface area (Å²) in [6, 6.07) is 27.6. The van der Waals surface area contributed by atoms with Crippen LogP contribution in [-0.4, -0.2) is 39.7 Å². The number of amides is 1.